The number of nitrogens with one attached hydrogen (secondary N) is 2. The molecule has 3 rings (SSSR count). The molecule has 2 aromatic heterocycles. The number of halogens is 1. The molecule has 6 nitrogen and oxygen atoms in total. The lowest BCUT2D eigenvalue weighted by molar-refractivity contribution is 0.0943. The Morgan fingerprint density at radius 2 is 2.09 bits per heavy atom. The third-order valence-electron chi connectivity index (χ3n) is 3.00. The molecular weight excluding hydrogens is 360 g/mol. The molecule has 1 amide bonds. The Balaban J connectivity index is 1.68. The maximum atomic E-state index is 12.1. The third kappa shape index (κ3) is 4.17. The third-order valence-corrected chi connectivity index (χ3v) is 3.49. The second-order valence-electron chi connectivity index (χ2n) is 4.69. The van der Waals surface area contributed by atoms with E-state index in [9.17, 15) is 4.79 Å². The molecule has 0 saturated heterocycles. The maximum absolute atomic E-state index is 12.1. The Morgan fingerprint density at radius 3 is 2.87 bits per heavy atom. The summed E-state index contributed by atoms with van der Waals surface area (Å²) in [6, 6.07) is 12.8. The Hall–Kier alpha value is -2.67. The fourth-order valence-electron chi connectivity index (χ4n) is 1.94. The van der Waals surface area contributed by atoms with Crippen LogP contribution in [0.15, 0.2) is 63.9 Å². The number of amides is 1. The monoisotopic (exact) mass is 372 g/mol. The predicted octanol–water partition coefficient (Wildman–Crippen LogP) is 3.51. The number of furan rings is 1. The Labute approximate surface area is 141 Å². The van der Waals surface area contributed by atoms with Gasteiger partial charge < -0.3 is 15.1 Å². The van der Waals surface area contributed by atoms with Gasteiger partial charge in [0.15, 0.2) is 0 Å². The van der Waals surface area contributed by atoms with Crippen molar-refractivity contribution in [3.63, 3.8) is 0 Å². The van der Waals surface area contributed by atoms with Gasteiger partial charge in [0, 0.05) is 16.2 Å². The quantitative estimate of drug-likeness (QED) is 0.716. The summed E-state index contributed by atoms with van der Waals surface area (Å²) in [6.45, 7) is 0.310. The molecule has 0 atom stereocenters. The second kappa shape index (κ2) is 7.06. The molecule has 0 aliphatic carbocycles. The molecule has 23 heavy (non-hydrogen) atoms. The number of hydrogen-bond donors (Lipinski definition) is 2. The van der Waals surface area contributed by atoms with Crippen molar-refractivity contribution in [3.8, 4) is 0 Å². The molecule has 0 bridgehead atoms. The Kier molecular flexibility index (Phi) is 4.68. The molecule has 0 fully saturated rings. The van der Waals surface area contributed by atoms with E-state index in [1.165, 1.54) is 6.33 Å². The van der Waals surface area contributed by atoms with Crippen LogP contribution in [-0.2, 0) is 6.54 Å². The largest absolute Gasteiger partial charge is 0.467 e. The standard InChI is InChI=1S/C16H13BrN4O2/c17-11-3-1-4-12(7-11)21-15-8-14(19-10-20-15)16(22)18-9-13-5-2-6-23-13/h1-8,10H,9H2,(H,18,22)(H,19,20,21). The summed E-state index contributed by atoms with van der Waals surface area (Å²) in [5, 5.41) is 5.87. The van der Waals surface area contributed by atoms with E-state index in [0.717, 1.165) is 10.2 Å². The van der Waals surface area contributed by atoms with Gasteiger partial charge in [-0.25, -0.2) is 9.97 Å². The van der Waals surface area contributed by atoms with Gasteiger partial charge in [0.25, 0.3) is 5.91 Å². The van der Waals surface area contributed by atoms with Crippen LogP contribution in [0, 0.1) is 0 Å². The van der Waals surface area contributed by atoms with Gasteiger partial charge in [0.05, 0.1) is 12.8 Å². The fraction of sp³-hybridized carbons (Fsp3) is 0.0625. The molecule has 3 aromatic rings. The molecule has 0 saturated carbocycles. The summed E-state index contributed by atoms with van der Waals surface area (Å²) < 4.78 is 6.12. The molecule has 2 N–H and O–H groups in total. The number of nitrogens with zero attached hydrogens (tertiary/aromatic N) is 2. The van der Waals surface area contributed by atoms with Crippen molar-refractivity contribution in [1.29, 1.82) is 0 Å². The number of hydrogen-bond acceptors (Lipinski definition) is 5. The van der Waals surface area contributed by atoms with Crippen molar-refractivity contribution in [3.05, 3.63) is 71.0 Å². The Bertz CT molecular complexity index is 805. The minimum absolute atomic E-state index is 0.282. The van der Waals surface area contributed by atoms with Crippen molar-refractivity contribution in [1.82, 2.24) is 15.3 Å². The summed E-state index contributed by atoms with van der Waals surface area (Å²) in [4.78, 5) is 20.2. The van der Waals surface area contributed by atoms with Crippen molar-refractivity contribution < 1.29 is 9.21 Å². The molecule has 2 heterocycles. The molecule has 0 aliphatic rings. The highest BCUT2D eigenvalue weighted by atomic mass is 79.9. The zero-order chi connectivity index (χ0) is 16.1. The highest BCUT2D eigenvalue weighted by Crippen LogP contribution is 2.19. The number of aromatic nitrogens is 2. The first-order valence-electron chi connectivity index (χ1n) is 6.86. The van der Waals surface area contributed by atoms with E-state index in [0.29, 0.717) is 18.1 Å². The normalized spacial score (nSPS) is 10.3. The van der Waals surface area contributed by atoms with E-state index in [1.54, 1.807) is 24.5 Å². The maximum Gasteiger partial charge on any atom is 0.270 e. The van der Waals surface area contributed by atoms with Crippen LogP contribution in [0.5, 0.6) is 0 Å². The van der Waals surface area contributed by atoms with Crippen LogP contribution in [0.3, 0.4) is 0 Å². The van der Waals surface area contributed by atoms with Crippen molar-refractivity contribution in [2.75, 3.05) is 5.32 Å². The van der Waals surface area contributed by atoms with Gasteiger partial charge in [-0.15, -0.1) is 0 Å². The zero-order valence-electron chi connectivity index (χ0n) is 12.0. The molecule has 0 spiro atoms. The predicted molar refractivity (Wildman–Crippen MR) is 89.3 cm³/mol. The molecule has 1 aromatic carbocycles. The molecule has 0 radical (unpaired) electrons. The van der Waals surface area contributed by atoms with Crippen LogP contribution in [0.4, 0.5) is 11.5 Å². The zero-order valence-corrected chi connectivity index (χ0v) is 13.6. The van der Waals surface area contributed by atoms with Crippen molar-refractivity contribution >= 4 is 33.3 Å². The first-order chi connectivity index (χ1) is 11.2. The highest BCUT2D eigenvalue weighted by Gasteiger charge is 2.09. The van der Waals surface area contributed by atoms with Gasteiger partial charge in [-0.1, -0.05) is 22.0 Å². The lowest BCUT2D eigenvalue weighted by Gasteiger charge is -2.07. The second-order valence-corrected chi connectivity index (χ2v) is 5.60. The SMILES string of the molecule is O=C(NCc1ccco1)c1cc(Nc2cccc(Br)c2)ncn1. The summed E-state index contributed by atoms with van der Waals surface area (Å²) >= 11 is 3.41. The molecular formula is C16H13BrN4O2. The summed E-state index contributed by atoms with van der Waals surface area (Å²) in [6.07, 6.45) is 2.91. The first kappa shape index (κ1) is 15.2. The lowest BCUT2D eigenvalue weighted by atomic mass is 10.3. The van der Waals surface area contributed by atoms with Crippen LogP contribution >= 0.6 is 15.9 Å². The average molecular weight is 373 g/mol. The summed E-state index contributed by atoms with van der Waals surface area (Å²) in [7, 11) is 0. The molecule has 7 heteroatoms. The Morgan fingerprint density at radius 1 is 1.17 bits per heavy atom. The number of rotatable bonds is 5. The van der Waals surface area contributed by atoms with Crippen LogP contribution in [0.2, 0.25) is 0 Å². The van der Waals surface area contributed by atoms with Crippen LogP contribution in [0.1, 0.15) is 16.2 Å². The minimum Gasteiger partial charge on any atom is -0.467 e. The highest BCUT2D eigenvalue weighted by molar-refractivity contribution is 9.10. The van der Waals surface area contributed by atoms with E-state index in [4.69, 9.17) is 4.42 Å². The van der Waals surface area contributed by atoms with E-state index >= 15 is 0 Å². The van der Waals surface area contributed by atoms with Gasteiger partial charge in [0.1, 0.15) is 23.6 Å². The smallest absolute Gasteiger partial charge is 0.270 e. The van der Waals surface area contributed by atoms with E-state index in [1.807, 2.05) is 24.3 Å². The number of carbonyl (C=O) groups excluding carboxylic acids is 1. The first-order valence-corrected chi connectivity index (χ1v) is 7.65. The van der Waals surface area contributed by atoms with Gasteiger partial charge in [-0.2, -0.15) is 0 Å². The van der Waals surface area contributed by atoms with Gasteiger partial charge >= 0.3 is 0 Å². The average Bonchev–Trinajstić information content (AvgIpc) is 3.06. The molecule has 116 valence electrons. The van der Waals surface area contributed by atoms with Crippen molar-refractivity contribution in [2.24, 2.45) is 0 Å². The van der Waals surface area contributed by atoms with Gasteiger partial charge in [-0.3, -0.25) is 4.79 Å². The van der Waals surface area contributed by atoms with E-state index in [2.05, 4.69) is 36.5 Å². The lowest BCUT2D eigenvalue weighted by Crippen LogP contribution is -2.23. The molecule has 0 aliphatic heterocycles. The number of anilines is 2. The van der Waals surface area contributed by atoms with Crippen LogP contribution in [-0.4, -0.2) is 15.9 Å². The van der Waals surface area contributed by atoms with E-state index < -0.39 is 0 Å². The number of benzene rings is 1. The molecule has 0 unspecified atom stereocenters. The topological polar surface area (TPSA) is 80.0 Å². The van der Waals surface area contributed by atoms with Gasteiger partial charge in [-0.05, 0) is 30.3 Å². The number of carbonyl (C=O) groups is 1. The van der Waals surface area contributed by atoms with Gasteiger partial charge in [0.2, 0.25) is 0 Å². The van der Waals surface area contributed by atoms with E-state index in [-0.39, 0.29) is 11.6 Å². The van der Waals surface area contributed by atoms with Crippen LogP contribution < -0.4 is 10.6 Å². The fourth-order valence-corrected chi connectivity index (χ4v) is 2.33. The summed E-state index contributed by atoms with van der Waals surface area (Å²) in [5.41, 5.74) is 1.14. The van der Waals surface area contributed by atoms with Crippen molar-refractivity contribution in [2.45, 2.75) is 6.54 Å². The summed E-state index contributed by atoms with van der Waals surface area (Å²) in [5.74, 6) is 0.933. The van der Waals surface area contributed by atoms with Crippen LogP contribution in [0.25, 0.3) is 0 Å². The minimum atomic E-state index is -0.291.